The van der Waals surface area contributed by atoms with Gasteiger partial charge in [-0.3, -0.25) is 9.36 Å². The molecule has 0 saturated carbocycles. The van der Waals surface area contributed by atoms with E-state index in [0.717, 1.165) is 16.8 Å². The molecule has 3 aromatic heterocycles. The third-order valence-electron chi connectivity index (χ3n) is 4.30. The van der Waals surface area contributed by atoms with Crippen LogP contribution in [0.4, 0.5) is 0 Å². The fraction of sp³-hybridized carbons (Fsp3) is 0.235. The van der Waals surface area contributed by atoms with Gasteiger partial charge in [0, 0.05) is 12.6 Å². The van der Waals surface area contributed by atoms with Gasteiger partial charge >= 0.3 is 0 Å². The Morgan fingerprint density at radius 3 is 2.75 bits per heavy atom. The van der Waals surface area contributed by atoms with Gasteiger partial charge in [0.25, 0.3) is 11.3 Å². The van der Waals surface area contributed by atoms with Crippen molar-refractivity contribution in [1.29, 1.82) is 0 Å². The number of pyridine rings is 1. The van der Waals surface area contributed by atoms with Crippen molar-refractivity contribution < 1.29 is 0 Å². The second kappa shape index (κ2) is 5.23. The number of hydrogen-bond acceptors (Lipinski definition) is 5. The molecule has 0 saturated heterocycles. The topological polar surface area (TPSA) is 78.0 Å². The molecule has 0 spiro atoms. The zero-order valence-electron chi connectivity index (χ0n) is 13.7. The number of hydrogen-bond donors (Lipinski definition) is 0. The van der Waals surface area contributed by atoms with Gasteiger partial charge in [0.15, 0.2) is 11.3 Å². The van der Waals surface area contributed by atoms with Gasteiger partial charge in [-0.15, -0.1) is 15.3 Å². The highest BCUT2D eigenvalue weighted by Crippen LogP contribution is 2.17. The molecule has 1 aromatic carbocycles. The predicted octanol–water partition coefficient (Wildman–Crippen LogP) is 2.00. The lowest BCUT2D eigenvalue weighted by Crippen LogP contribution is -2.21. The van der Waals surface area contributed by atoms with Crippen molar-refractivity contribution >= 4 is 16.8 Å². The van der Waals surface area contributed by atoms with E-state index in [2.05, 4.69) is 20.3 Å². The van der Waals surface area contributed by atoms with Crippen LogP contribution < -0.4 is 5.56 Å². The standard InChI is InChI=1S/C17H16N6O/c1-4-14-18-17-20-19-15-13(23(17)21-14)8-9-22(16(15)24)12-7-5-6-10(2)11(12)3/h5-9H,4H2,1-3H3. The van der Waals surface area contributed by atoms with Crippen molar-refractivity contribution in [2.75, 3.05) is 0 Å². The third-order valence-corrected chi connectivity index (χ3v) is 4.30. The Bertz CT molecular complexity index is 1140. The molecule has 0 aliphatic carbocycles. The Balaban J connectivity index is 2.04. The minimum Gasteiger partial charge on any atom is -0.282 e. The highest BCUT2D eigenvalue weighted by Gasteiger charge is 2.14. The number of rotatable bonds is 2. The van der Waals surface area contributed by atoms with E-state index in [1.54, 1.807) is 15.3 Å². The Labute approximate surface area is 137 Å². The van der Waals surface area contributed by atoms with Gasteiger partial charge in [0.1, 0.15) is 5.52 Å². The Kier molecular flexibility index (Phi) is 3.16. The van der Waals surface area contributed by atoms with E-state index in [1.165, 1.54) is 0 Å². The molecule has 0 N–H and O–H groups in total. The molecule has 7 heteroatoms. The van der Waals surface area contributed by atoms with E-state index in [1.807, 2.05) is 45.0 Å². The first-order chi connectivity index (χ1) is 11.6. The first-order valence-corrected chi connectivity index (χ1v) is 7.80. The number of aryl methyl sites for hydroxylation is 2. The molecule has 0 fully saturated rings. The molecule has 24 heavy (non-hydrogen) atoms. The number of nitrogens with zero attached hydrogens (tertiary/aromatic N) is 6. The van der Waals surface area contributed by atoms with E-state index in [9.17, 15) is 4.79 Å². The quantitative estimate of drug-likeness (QED) is 0.564. The Morgan fingerprint density at radius 1 is 1.12 bits per heavy atom. The van der Waals surface area contributed by atoms with Gasteiger partial charge in [-0.2, -0.15) is 9.50 Å². The summed E-state index contributed by atoms with van der Waals surface area (Å²) < 4.78 is 3.18. The predicted molar refractivity (Wildman–Crippen MR) is 90.5 cm³/mol. The van der Waals surface area contributed by atoms with E-state index in [-0.39, 0.29) is 11.1 Å². The molecule has 4 rings (SSSR count). The van der Waals surface area contributed by atoms with E-state index < -0.39 is 0 Å². The number of fused-ring (bicyclic) bond motifs is 3. The molecular weight excluding hydrogens is 304 g/mol. The van der Waals surface area contributed by atoms with Crippen LogP contribution in [0.25, 0.3) is 22.5 Å². The molecule has 120 valence electrons. The average Bonchev–Trinajstić information content (AvgIpc) is 3.02. The van der Waals surface area contributed by atoms with Crippen molar-refractivity contribution in [3.8, 4) is 5.69 Å². The number of aromatic nitrogens is 6. The molecule has 0 aliphatic rings. The monoisotopic (exact) mass is 320 g/mol. The maximum Gasteiger partial charge on any atom is 0.285 e. The van der Waals surface area contributed by atoms with Crippen LogP contribution in [0.3, 0.4) is 0 Å². The smallest absolute Gasteiger partial charge is 0.282 e. The summed E-state index contributed by atoms with van der Waals surface area (Å²) in [5, 5.41) is 12.5. The number of benzene rings is 1. The average molecular weight is 320 g/mol. The summed E-state index contributed by atoms with van der Waals surface area (Å²) in [6.07, 6.45) is 2.45. The normalized spacial score (nSPS) is 11.5. The van der Waals surface area contributed by atoms with Crippen LogP contribution in [0, 0.1) is 13.8 Å². The van der Waals surface area contributed by atoms with Crippen LogP contribution in [-0.2, 0) is 6.42 Å². The lowest BCUT2D eigenvalue weighted by molar-refractivity contribution is 0.882. The van der Waals surface area contributed by atoms with Gasteiger partial charge in [0.05, 0.1) is 5.69 Å². The molecule has 0 amide bonds. The highest BCUT2D eigenvalue weighted by molar-refractivity contribution is 5.74. The zero-order valence-corrected chi connectivity index (χ0v) is 13.7. The molecule has 7 nitrogen and oxygen atoms in total. The molecular formula is C17H16N6O. The van der Waals surface area contributed by atoms with Crippen LogP contribution in [0.5, 0.6) is 0 Å². The maximum absolute atomic E-state index is 12.9. The van der Waals surface area contributed by atoms with Crippen molar-refractivity contribution in [2.24, 2.45) is 0 Å². The van der Waals surface area contributed by atoms with Gasteiger partial charge in [0.2, 0.25) is 0 Å². The van der Waals surface area contributed by atoms with Crippen molar-refractivity contribution in [3.05, 3.63) is 57.8 Å². The second-order valence-corrected chi connectivity index (χ2v) is 5.74. The second-order valence-electron chi connectivity index (χ2n) is 5.74. The highest BCUT2D eigenvalue weighted by atomic mass is 16.1. The molecule has 0 atom stereocenters. The fourth-order valence-corrected chi connectivity index (χ4v) is 2.78. The largest absolute Gasteiger partial charge is 0.285 e. The molecule has 4 aromatic rings. The van der Waals surface area contributed by atoms with E-state index in [0.29, 0.717) is 23.5 Å². The summed E-state index contributed by atoms with van der Waals surface area (Å²) in [4.78, 5) is 17.2. The zero-order chi connectivity index (χ0) is 16.8. The summed E-state index contributed by atoms with van der Waals surface area (Å²) in [7, 11) is 0. The lowest BCUT2D eigenvalue weighted by atomic mass is 10.1. The fourth-order valence-electron chi connectivity index (χ4n) is 2.78. The van der Waals surface area contributed by atoms with Crippen molar-refractivity contribution in [1.82, 2.24) is 29.4 Å². The van der Waals surface area contributed by atoms with Crippen molar-refractivity contribution in [2.45, 2.75) is 27.2 Å². The van der Waals surface area contributed by atoms with Crippen LogP contribution in [0.15, 0.2) is 35.3 Å². The SMILES string of the molecule is CCc1nc2nnc3c(=O)n(-c4cccc(C)c4C)ccc3n2n1. The summed E-state index contributed by atoms with van der Waals surface area (Å²) in [5.74, 6) is 1.08. The summed E-state index contributed by atoms with van der Waals surface area (Å²) in [5.41, 5.74) is 3.70. The first kappa shape index (κ1) is 14.5. The van der Waals surface area contributed by atoms with Crippen molar-refractivity contribution in [3.63, 3.8) is 0 Å². The molecule has 0 bridgehead atoms. The Morgan fingerprint density at radius 2 is 1.96 bits per heavy atom. The van der Waals surface area contributed by atoms with Crippen LogP contribution in [0.1, 0.15) is 23.9 Å². The summed E-state index contributed by atoms with van der Waals surface area (Å²) in [6, 6.07) is 7.71. The van der Waals surface area contributed by atoms with Gasteiger partial charge in [-0.25, -0.2) is 0 Å². The van der Waals surface area contributed by atoms with Gasteiger partial charge in [-0.05, 0) is 37.1 Å². The minimum atomic E-state index is -0.218. The molecule has 3 heterocycles. The first-order valence-electron chi connectivity index (χ1n) is 7.80. The van der Waals surface area contributed by atoms with Crippen LogP contribution >= 0.6 is 0 Å². The lowest BCUT2D eigenvalue weighted by Gasteiger charge is -2.11. The summed E-state index contributed by atoms with van der Waals surface area (Å²) >= 11 is 0. The van der Waals surface area contributed by atoms with Crippen LogP contribution in [-0.4, -0.2) is 29.4 Å². The van der Waals surface area contributed by atoms with E-state index in [4.69, 9.17) is 0 Å². The van der Waals surface area contributed by atoms with Gasteiger partial charge < -0.3 is 0 Å². The Hall–Kier alpha value is -3.09. The molecule has 0 radical (unpaired) electrons. The third kappa shape index (κ3) is 2.01. The van der Waals surface area contributed by atoms with Gasteiger partial charge in [-0.1, -0.05) is 19.1 Å². The van der Waals surface area contributed by atoms with Crippen LogP contribution in [0.2, 0.25) is 0 Å². The molecule has 0 aliphatic heterocycles. The van der Waals surface area contributed by atoms with E-state index >= 15 is 0 Å². The minimum absolute atomic E-state index is 0.218. The summed E-state index contributed by atoms with van der Waals surface area (Å²) in [6.45, 7) is 6.00. The maximum atomic E-state index is 12.9. The molecule has 0 unspecified atom stereocenters.